The van der Waals surface area contributed by atoms with Crippen LogP contribution in [0.15, 0.2) is 42.6 Å². The Morgan fingerprint density at radius 2 is 2.18 bits per heavy atom. The highest BCUT2D eigenvalue weighted by molar-refractivity contribution is 6.29. The van der Waals surface area contributed by atoms with E-state index in [1.165, 1.54) is 0 Å². The summed E-state index contributed by atoms with van der Waals surface area (Å²) in [6.07, 6.45) is 2.44. The van der Waals surface area contributed by atoms with Crippen LogP contribution in [-0.2, 0) is 11.3 Å². The molecule has 2 atom stereocenters. The van der Waals surface area contributed by atoms with Crippen molar-refractivity contribution in [1.82, 2.24) is 4.98 Å². The number of hydrogen-bond donors (Lipinski definition) is 1. The first-order valence-electron chi connectivity index (χ1n) is 7.31. The van der Waals surface area contributed by atoms with Crippen molar-refractivity contribution in [2.45, 2.75) is 31.8 Å². The summed E-state index contributed by atoms with van der Waals surface area (Å²) in [6.45, 7) is 2.85. The molecule has 5 heteroatoms. The summed E-state index contributed by atoms with van der Waals surface area (Å²) in [4.78, 5) is 18.1. The molecule has 1 aliphatic rings. The minimum absolute atomic E-state index is 0.219. The summed E-state index contributed by atoms with van der Waals surface area (Å²) < 4.78 is 0. The number of fused-ring (bicyclic) bond motifs is 1. The Labute approximate surface area is 134 Å². The molecular weight excluding hydrogens is 298 g/mol. The molecule has 2 heterocycles. The molecule has 22 heavy (non-hydrogen) atoms. The first kappa shape index (κ1) is 14.9. The first-order chi connectivity index (χ1) is 10.6. The molecule has 0 saturated carbocycles. The SMILES string of the molecule is CC1CC(C(N)=O)c2ccccc2N1Cc1ccnc(Cl)c1. The number of aromatic nitrogens is 1. The van der Waals surface area contributed by atoms with Gasteiger partial charge in [0.25, 0.3) is 0 Å². The third kappa shape index (κ3) is 2.79. The molecule has 4 nitrogen and oxygen atoms in total. The number of carbonyl (C=O) groups is 1. The van der Waals surface area contributed by atoms with E-state index in [9.17, 15) is 4.79 Å². The third-order valence-corrected chi connectivity index (χ3v) is 4.42. The molecule has 1 aromatic heterocycles. The van der Waals surface area contributed by atoms with Crippen LogP contribution in [0.3, 0.4) is 0 Å². The van der Waals surface area contributed by atoms with E-state index in [2.05, 4.69) is 16.8 Å². The van der Waals surface area contributed by atoms with E-state index in [0.29, 0.717) is 5.15 Å². The van der Waals surface area contributed by atoms with Gasteiger partial charge in [0.05, 0.1) is 5.92 Å². The van der Waals surface area contributed by atoms with Crippen LogP contribution < -0.4 is 10.6 Å². The van der Waals surface area contributed by atoms with E-state index < -0.39 is 0 Å². The monoisotopic (exact) mass is 315 g/mol. The van der Waals surface area contributed by atoms with Crippen molar-refractivity contribution in [1.29, 1.82) is 0 Å². The third-order valence-electron chi connectivity index (χ3n) is 4.22. The Balaban J connectivity index is 1.97. The lowest BCUT2D eigenvalue weighted by Gasteiger charge is -2.40. The molecule has 0 bridgehead atoms. The summed E-state index contributed by atoms with van der Waals surface area (Å²) >= 11 is 5.97. The van der Waals surface area contributed by atoms with Gasteiger partial charge in [-0.3, -0.25) is 4.79 Å². The highest BCUT2D eigenvalue weighted by Crippen LogP contribution is 2.38. The molecule has 0 spiro atoms. The number of para-hydroxylation sites is 1. The normalized spacial score (nSPS) is 20.5. The van der Waals surface area contributed by atoms with Gasteiger partial charge in [-0.05, 0) is 42.7 Å². The fraction of sp³-hybridized carbons (Fsp3) is 0.294. The summed E-state index contributed by atoms with van der Waals surface area (Å²) in [7, 11) is 0. The van der Waals surface area contributed by atoms with E-state index in [4.69, 9.17) is 17.3 Å². The molecule has 0 fully saturated rings. The van der Waals surface area contributed by atoms with Crippen molar-refractivity contribution in [3.8, 4) is 0 Å². The van der Waals surface area contributed by atoms with E-state index in [-0.39, 0.29) is 17.9 Å². The predicted molar refractivity (Wildman–Crippen MR) is 87.9 cm³/mol. The molecule has 2 unspecified atom stereocenters. The van der Waals surface area contributed by atoms with Crippen LogP contribution in [-0.4, -0.2) is 16.9 Å². The lowest BCUT2D eigenvalue weighted by molar-refractivity contribution is -0.119. The minimum atomic E-state index is -0.258. The Hall–Kier alpha value is -2.07. The van der Waals surface area contributed by atoms with Crippen molar-refractivity contribution < 1.29 is 4.79 Å². The number of benzene rings is 1. The average molecular weight is 316 g/mol. The smallest absolute Gasteiger partial charge is 0.225 e. The lowest BCUT2D eigenvalue weighted by atomic mass is 9.85. The van der Waals surface area contributed by atoms with Crippen LogP contribution in [0.4, 0.5) is 5.69 Å². The van der Waals surface area contributed by atoms with Gasteiger partial charge in [-0.1, -0.05) is 29.8 Å². The number of carbonyl (C=O) groups excluding carboxylic acids is 1. The summed E-state index contributed by atoms with van der Waals surface area (Å²) in [5.41, 5.74) is 8.75. The molecule has 2 aromatic rings. The van der Waals surface area contributed by atoms with Gasteiger partial charge in [0, 0.05) is 24.5 Å². The number of hydrogen-bond acceptors (Lipinski definition) is 3. The first-order valence-corrected chi connectivity index (χ1v) is 7.69. The Bertz CT molecular complexity index is 704. The molecule has 1 aromatic carbocycles. The van der Waals surface area contributed by atoms with E-state index in [1.807, 2.05) is 36.4 Å². The molecule has 1 amide bonds. The van der Waals surface area contributed by atoms with Gasteiger partial charge in [-0.2, -0.15) is 0 Å². The largest absolute Gasteiger partial charge is 0.369 e. The molecular formula is C17H18ClN3O. The van der Waals surface area contributed by atoms with Crippen LogP contribution >= 0.6 is 11.6 Å². The van der Waals surface area contributed by atoms with Crippen molar-refractivity contribution >= 4 is 23.2 Å². The summed E-state index contributed by atoms with van der Waals surface area (Å²) in [5.74, 6) is -0.477. The van der Waals surface area contributed by atoms with Gasteiger partial charge < -0.3 is 10.6 Å². The molecule has 0 aliphatic carbocycles. The van der Waals surface area contributed by atoms with Gasteiger partial charge in [0.1, 0.15) is 5.15 Å². The van der Waals surface area contributed by atoms with Crippen LogP contribution in [0, 0.1) is 0 Å². The maximum absolute atomic E-state index is 11.8. The maximum Gasteiger partial charge on any atom is 0.225 e. The van der Waals surface area contributed by atoms with Gasteiger partial charge >= 0.3 is 0 Å². The van der Waals surface area contributed by atoms with Crippen molar-refractivity contribution in [3.05, 3.63) is 58.9 Å². The van der Waals surface area contributed by atoms with E-state index >= 15 is 0 Å². The molecule has 2 N–H and O–H groups in total. The average Bonchev–Trinajstić information content (AvgIpc) is 2.49. The minimum Gasteiger partial charge on any atom is -0.369 e. The Kier molecular flexibility index (Phi) is 4.03. The molecule has 3 rings (SSSR count). The van der Waals surface area contributed by atoms with Crippen molar-refractivity contribution in [2.75, 3.05) is 4.90 Å². The van der Waals surface area contributed by atoms with Crippen LogP contribution in [0.2, 0.25) is 5.15 Å². The summed E-state index contributed by atoms with van der Waals surface area (Å²) in [5, 5.41) is 0.491. The number of nitrogens with two attached hydrogens (primary N) is 1. The Morgan fingerprint density at radius 3 is 2.91 bits per heavy atom. The van der Waals surface area contributed by atoms with Gasteiger partial charge in [-0.25, -0.2) is 4.98 Å². The highest BCUT2D eigenvalue weighted by atomic mass is 35.5. The fourth-order valence-electron chi connectivity index (χ4n) is 3.12. The standard InChI is InChI=1S/C17H18ClN3O/c1-11-8-14(17(19)22)13-4-2-3-5-15(13)21(11)10-12-6-7-20-16(18)9-12/h2-7,9,11,14H,8,10H2,1H3,(H2,19,22). The van der Waals surface area contributed by atoms with Crippen molar-refractivity contribution in [2.24, 2.45) is 5.73 Å². The molecule has 114 valence electrons. The molecule has 0 saturated heterocycles. The van der Waals surface area contributed by atoms with Gasteiger partial charge in [0.2, 0.25) is 5.91 Å². The molecule has 1 aliphatic heterocycles. The molecule has 0 radical (unpaired) electrons. The van der Waals surface area contributed by atoms with Gasteiger partial charge in [-0.15, -0.1) is 0 Å². The number of pyridine rings is 1. The van der Waals surface area contributed by atoms with Crippen molar-refractivity contribution in [3.63, 3.8) is 0 Å². The van der Waals surface area contributed by atoms with E-state index in [1.54, 1.807) is 6.20 Å². The zero-order chi connectivity index (χ0) is 15.7. The number of nitrogens with zero attached hydrogens (tertiary/aromatic N) is 2. The number of anilines is 1. The summed E-state index contributed by atoms with van der Waals surface area (Å²) in [6, 6.07) is 12.0. The second-order valence-corrected chi connectivity index (χ2v) is 6.10. The maximum atomic E-state index is 11.8. The zero-order valence-corrected chi connectivity index (χ0v) is 13.1. The Morgan fingerprint density at radius 1 is 1.41 bits per heavy atom. The number of amides is 1. The quantitative estimate of drug-likeness (QED) is 0.885. The number of primary amides is 1. The number of halogens is 1. The van der Waals surface area contributed by atoms with Gasteiger partial charge in [0.15, 0.2) is 0 Å². The topological polar surface area (TPSA) is 59.2 Å². The second kappa shape index (κ2) is 5.97. The van der Waals surface area contributed by atoms with Crippen LogP contribution in [0.5, 0.6) is 0 Å². The highest BCUT2D eigenvalue weighted by Gasteiger charge is 2.32. The zero-order valence-electron chi connectivity index (χ0n) is 12.4. The van der Waals surface area contributed by atoms with Crippen LogP contribution in [0.25, 0.3) is 0 Å². The van der Waals surface area contributed by atoms with E-state index in [0.717, 1.165) is 29.8 Å². The number of rotatable bonds is 3. The predicted octanol–water partition coefficient (Wildman–Crippen LogP) is 3.10. The second-order valence-electron chi connectivity index (χ2n) is 5.71. The lowest BCUT2D eigenvalue weighted by Crippen LogP contribution is -2.41. The fourth-order valence-corrected chi connectivity index (χ4v) is 3.32. The van der Waals surface area contributed by atoms with Crippen LogP contribution in [0.1, 0.15) is 30.4 Å².